The van der Waals surface area contributed by atoms with Crippen LogP contribution >= 0.6 is 0 Å². The summed E-state index contributed by atoms with van der Waals surface area (Å²) >= 11 is 0. The molecule has 0 amide bonds. The highest BCUT2D eigenvalue weighted by atomic mass is 32.2. The van der Waals surface area contributed by atoms with Gasteiger partial charge in [-0.1, -0.05) is 44.5 Å². The molecule has 6 nitrogen and oxygen atoms in total. The van der Waals surface area contributed by atoms with Gasteiger partial charge in [-0.05, 0) is 48.1 Å². The summed E-state index contributed by atoms with van der Waals surface area (Å²) < 4.78 is 127. The fourth-order valence-corrected chi connectivity index (χ4v) is 6.73. The molecular weight excluding hydrogens is 570 g/mol. The van der Waals surface area contributed by atoms with Crippen LogP contribution in [0.1, 0.15) is 50.7 Å². The minimum Gasteiger partial charge on any atom is -0.328 e. The molecule has 0 saturated carbocycles. The van der Waals surface area contributed by atoms with Gasteiger partial charge in [0.05, 0.1) is 37.8 Å². The molecule has 0 aromatic heterocycles. The molecule has 0 atom stereocenters. The van der Waals surface area contributed by atoms with Crippen LogP contribution in [0.15, 0.2) is 45.7 Å². The van der Waals surface area contributed by atoms with E-state index in [0.717, 1.165) is 6.08 Å². The van der Waals surface area contributed by atoms with Crippen molar-refractivity contribution in [2.75, 3.05) is 27.2 Å². The summed E-state index contributed by atoms with van der Waals surface area (Å²) in [4.78, 5) is -4.38. The van der Waals surface area contributed by atoms with Crippen LogP contribution < -0.4 is 0 Å². The molecule has 0 saturated heterocycles. The Labute approximate surface area is 224 Å². The van der Waals surface area contributed by atoms with Crippen LogP contribution in [0.5, 0.6) is 0 Å². The Hall–Kier alpha value is -2.45. The SMILES string of the molecule is CCCCC[N+](C)(C)CCC.N=C1C2=Cc3ccccc3C2=CC(S(=O)(=O)C(F)(F)F)=C1S(=O)(=O)C(F)(F)F. The largest absolute Gasteiger partial charge is 0.502 e. The molecule has 2 aliphatic rings. The molecule has 3 rings (SSSR count). The Morgan fingerprint density at radius 2 is 1.33 bits per heavy atom. The number of nitrogens with one attached hydrogen (secondary N) is 1. The molecule has 39 heavy (non-hydrogen) atoms. The van der Waals surface area contributed by atoms with Gasteiger partial charge in [-0.25, -0.2) is 16.8 Å². The summed E-state index contributed by atoms with van der Waals surface area (Å²) in [6.45, 7) is 7.20. The summed E-state index contributed by atoms with van der Waals surface area (Å²) in [5.74, 6) is 0. The Bertz CT molecular complexity index is 1420. The number of halogens is 6. The Morgan fingerprint density at radius 1 is 0.769 bits per heavy atom. The molecule has 0 fully saturated rings. The lowest BCUT2D eigenvalue weighted by atomic mass is 9.95. The van der Waals surface area contributed by atoms with Gasteiger partial charge in [-0.2, -0.15) is 26.3 Å². The van der Waals surface area contributed by atoms with E-state index in [1.165, 1.54) is 67.5 Å². The summed E-state index contributed by atoms with van der Waals surface area (Å²) in [5, 5.41) is 7.82. The summed E-state index contributed by atoms with van der Waals surface area (Å²) in [6, 6.07) is 5.69. The van der Waals surface area contributed by atoms with Gasteiger partial charge in [0.25, 0.3) is 19.7 Å². The Morgan fingerprint density at radius 3 is 1.85 bits per heavy atom. The molecule has 0 radical (unpaired) electrons. The van der Waals surface area contributed by atoms with Crippen molar-refractivity contribution in [3.05, 3.63) is 56.9 Å². The van der Waals surface area contributed by atoms with Crippen LogP contribution in [0, 0.1) is 5.41 Å². The predicted molar refractivity (Wildman–Crippen MR) is 139 cm³/mol. The van der Waals surface area contributed by atoms with Gasteiger partial charge in [-0.15, -0.1) is 0 Å². The highest BCUT2D eigenvalue weighted by Crippen LogP contribution is 2.47. The van der Waals surface area contributed by atoms with Crippen LogP contribution in [0.4, 0.5) is 26.3 Å². The number of sulfone groups is 2. The van der Waals surface area contributed by atoms with Crippen LogP contribution in [-0.2, 0) is 19.7 Å². The number of hydrogen-bond acceptors (Lipinski definition) is 5. The number of alkyl halides is 6. The number of benzene rings is 1. The zero-order valence-corrected chi connectivity index (χ0v) is 23.5. The van der Waals surface area contributed by atoms with Gasteiger partial charge in [0, 0.05) is 5.57 Å². The van der Waals surface area contributed by atoms with E-state index in [1.807, 2.05) is 0 Å². The number of allylic oxidation sites excluding steroid dienone is 4. The van der Waals surface area contributed by atoms with Gasteiger partial charge >= 0.3 is 11.0 Å². The molecule has 1 aromatic rings. The van der Waals surface area contributed by atoms with Gasteiger partial charge in [0.2, 0.25) is 0 Å². The average molecular weight is 602 g/mol. The van der Waals surface area contributed by atoms with E-state index >= 15 is 0 Å². The van der Waals surface area contributed by atoms with E-state index in [2.05, 4.69) is 27.9 Å². The standard InChI is InChI=1S/C15H7F6NO4S2.C10H24N/c16-14(17,18)27(23,24)11-6-9-8-4-2-1-3-7(8)5-10(9)12(22)13(11)28(25,26)15(19,20)21;1-5-7-8-10-11(3,4)9-6-2/h1-6,22H;5-10H2,1-4H3/q;+1. The van der Waals surface area contributed by atoms with E-state index < -0.39 is 51.8 Å². The number of fused-ring (bicyclic) bond motifs is 3. The van der Waals surface area contributed by atoms with Crippen molar-refractivity contribution < 1.29 is 47.7 Å². The zero-order valence-electron chi connectivity index (χ0n) is 21.9. The zero-order chi connectivity index (χ0) is 30.0. The normalized spacial score (nSPS) is 16.2. The minimum absolute atomic E-state index is 0.153. The van der Waals surface area contributed by atoms with Crippen molar-refractivity contribution in [3.63, 3.8) is 0 Å². The first-order valence-electron chi connectivity index (χ1n) is 12.0. The monoisotopic (exact) mass is 601 g/mol. The number of unbranched alkanes of at least 4 members (excludes halogenated alkanes) is 2. The average Bonchev–Trinajstić information content (AvgIpc) is 3.17. The van der Waals surface area contributed by atoms with E-state index in [4.69, 9.17) is 5.41 Å². The second-order valence-corrected chi connectivity index (χ2v) is 13.5. The molecule has 0 heterocycles. The van der Waals surface area contributed by atoms with Gasteiger partial charge in [-0.3, -0.25) is 5.41 Å². The molecule has 1 N–H and O–H groups in total. The first-order chi connectivity index (χ1) is 17.7. The lowest BCUT2D eigenvalue weighted by Gasteiger charge is -2.29. The third-order valence-electron chi connectivity index (χ3n) is 6.20. The third kappa shape index (κ3) is 6.83. The van der Waals surface area contributed by atoms with E-state index in [9.17, 15) is 43.2 Å². The van der Waals surface area contributed by atoms with E-state index in [0.29, 0.717) is 0 Å². The first-order valence-corrected chi connectivity index (χ1v) is 15.0. The number of quaternary nitrogens is 1. The molecule has 0 spiro atoms. The summed E-state index contributed by atoms with van der Waals surface area (Å²) in [6.07, 6.45) is 6.75. The fraction of sp³-hybridized carbons (Fsp3) is 0.480. The maximum Gasteiger partial charge on any atom is 0.502 e. The predicted octanol–water partition coefficient (Wildman–Crippen LogP) is 6.24. The molecule has 0 bridgehead atoms. The van der Waals surface area contributed by atoms with Crippen LogP contribution in [0.2, 0.25) is 0 Å². The molecule has 0 aliphatic heterocycles. The van der Waals surface area contributed by atoms with Crippen molar-refractivity contribution in [1.29, 1.82) is 5.41 Å². The van der Waals surface area contributed by atoms with Crippen molar-refractivity contribution in [3.8, 4) is 0 Å². The summed E-state index contributed by atoms with van der Waals surface area (Å²) in [5.41, 5.74) is -13.9. The summed E-state index contributed by atoms with van der Waals surface area (Å²) in [7, 11) is -8.42. The lowest BCUT2D eigenvalue weighted by molar-refractivity contribution is -0.890. The van der Waals surface area contributed by atoms with Crippen LogP contribution in [0.3, 0.4) is 0 Å². The number of nitrogens with zero attached hydrogens (tertiary/aromatic N) is 1. The Kier molecular flexibility index (Phi) is 9.72. The maximum absolute atomic E-state index is 13.0. The quantitative estimate of drug-likeness (QED) is 0.217. The van der Waals surface area contributed by atoms with Crippen molar-refractivity contribution in [1.82, 2.24) is 0 Å². The second kappa shape index (κ2) is 11.6. The lowest BCUT2D eigenvalue weighted by Crippen LogP contribution is -2.40. The maximum atomic E-state index is 13.0. The molecule has 1 aromatic carbocycles. The Balaban J connectivity index is 0.000000411. The molecule has 218 valence electrons. The highest BCUT2D eigenvalue weighted by Gasteiger charge is 2.57. The number of rotatable bonds is 8. The van der Waals surface area contributed by atoms with Gasteiger partial charge < -0.3 is 4.48 Å². The van der Waals surface area contributed by atoms with E-state index in [-0.39, 0.29) is 22.8 Å². The van der Waals surface area contributed by atoms with Gasteiger partial charge in [0.1, 0.15) is 4.91 Å². The minimum atomic E-state index is -6.58. The van der Waals surface area contributed by atoms with Crippen molar-refractivity contribution in [2.24, 2.45) is 0 Å². The second-order valence-electron chi connectivity index (χ2n) is 9.76. The first kappa shape index (κ1) is 32.8. The van der Waals surface area contributed by atoms with Crippen molar-refractivity contribution in [2.45, 2.75) is 50.5 Å². The highest BCUT2D eigenvalue weighted by molar-refractivity contribution is 8.00. The molecular formula is C25H31F6N2O4S2+. The van der Waals surface area contributed by atoms with Gasteiger partial charge in [0.15, 0.2) is 0 Å². The smallest absolute Gasteiger partial charge is 0.328 e. The fourth-order valence-electron chi connectivity index (χ4n) is 4.26. The number of hydrogen-bond donors (Lipinski definition) is 1. The molecule has 2 aliphatic carbocycles. The molecule has 14 heteroatoms. The topological polar surface area (TPSA) is 92.1 Å². The third-order valence-corrected chi connectivity index (χ3v) is 9.41. The van der Waals surface area contributed by atoms with Crippen LogP contribution in [0.25, 0.3) is 11.6 Å². The molecule has 0 unspecified atom stereocenters. The van der Waals surface area contributed by atoms with E-state index in [1.54, 1.807) is 0 Å². The van der Waals surface area contributed by atoms with Crippen LogP contribution in [-0.4, -0.2) is 65.2 Å². The van der Waals surface area contributed by atoms with Crippen molar-refractivity contribution >= 4 is 37.0 Å².